The molecule has 1 atom stereocenters. The van der Waals surface area contributed by atoms with E-state index in [-0.39, 0.29) is 5.57 Å². The number of nitrogens with zero attached hydrogens (tertiary/aromatic N) is 1. The molecule has 1 rings (SSSR count). The van der Waals surface area contributed by atoms with Gasteiger partial charge in [-0.2, -0.15) is 5.26 Å². The van der Waals surface area contributed by atoms with Crippen LogP contribution in [0.4, 0.5) is 0 Å². The van der Waals surface area contributed by atoms with Gasteiger partial charge in [0.1, 0.15) is 11.6 Å². The minimum atomic E-state index is -0.437. The highest BCUT2D eigenvalue weighted by atomic mass is 16.5. The largest absolute Gasteiger partial charge is 0.462 e. The van der Waals surface area contributed by atoms with Gasteiger partial charge in [0, 0.05) is 0 Å². The Morgan fingerprint density at radius 1 is 1.47 bits per heavy atom. The van der Waals surface area contributed by atoms with E-state index in [0.29, 0.717) is 12.5 Å². The van der Waals surface area contributed by atoms with Crippen molar-refractivity contribution in [1.29, 1.82) is 5.26 Å². The average molecular weight is 235 g/mol. The first-order valence-electron chi connectivity index (χ1n) is 6.54. The second kappa shape index (κ2) is 7.11. The van der Waals surface area contributed by atoms with Crippen LogP contribution in [0.25, 0.3) is 0 Å². The van der Waals surface area contributed by atoms with Gasteiger partial charge < -0.3 is 4.74 Å². The molecular weight excluding hydrogens is 214 g/mol. The molecule has 0 N–H and O–H groups in total. The van der Waals surface area contributed by atoms with Crippen LogP contribution in [0.1, 0.15) is 52.4 Å². The lowest BCUT2D eigenvalue weighted by atomic mass is 9.79. The SMILES string of the molecule is CCCC1CCCCC1=C(C#N)C(=O)OCC. The number of hydrogen-bond donors (Lipinski definition) is 0. The number of carbonyl (C=O) groups is 1. The van der Waals surface area contributed by atoms with Crippen LogP contribution in [0.3, 0.4) is 0 Å². The van der Waals surface area contributed by atoms with Crippen molar-refractivity contribution in [3.8, 4) is 6.07 Å². The quantitative estimate of drug-likeness (QED) is 0.426. The van der Waals surface area contributed by atoms with Gasteiger partial charge in [-0.05, 0) is 44.1 Å². The molecule has 0 saturated heterocycles. The third-order valence-corrected chi connectivity index (χ3v) is 3.29. The van der Waals surface area contributed by atoms with Crippen LogP contribution >= 0.6 is 0 Å². The molecule has 0 radical (unpaired) electrons. The minimum Gasteiger partial charge on any atom is -0.462 e. The van der Waals surface area contributed by atoms with Crippen LogP contribution in [0, 0.1) is 17.2 Å². The van der Waals surface area contributed by atoms with E-state index in [9.17, 15) is 4.79 Å². The molecule has 1 aliphatic carbocycles. The molecule has 3 nitrogen and oxygen atoms in total. The standard InChI is InChI=1S/C14H21NO2/c1-3-7-11-8-5-6-9-12(11)13(10-15)14(16)17-4-2/h11H,3-9H2,1-2H3. The highest BCUT2D eigenvalue weighted by Gasteiger charge is 2.25. The number of carbonyl (C=O) groups excluding carboxylic acids is 1. The molecule has 0 aromatic heterocycles. The Kier molecular flexibility index (Phi) is 5.76. The van der Waals surface area contributed by atoms with Crippen molar-refractivity contribution in [3.05, 3.63) is 11.1 Å². The highest BCUT2D eigenvalue weighted by Crippen LogP contribution is 2.34. The highest BCUT2D eigenvalue weighted by molar-refractivity contribution is 5.93. The Morgan fingerprint density at radius 2 is 2.24 bits per heavy atom. The van der Waals surface area contributed by atoms with E-state index >= 15 is 0 Å². The lowest BCUT2D eigenvalue weighted by Gasteiger charge is -2.25. The number of nitriles is 1. The molecule has 0 amide bonds. The zero-order valence-corrected chi connectivity index (χ0v) is 10.8. The fourth-order valence-electron chi connectivity index (χ4n) is 2.53. The van der Waals surface area contributed by atoms with Crippen LogP contribution < -0.4 is 0 Å². The summed E-state index contributed by atoms with van der Waals surface area (Å²) in [6, 6.07) is 2.05. The summed E-state index contributed by atoms with van der Waals surface area (Å²) in [5.41, 5.74) is 1.31. The van der Waals surface area contributed by atoms with Gasteiger partial charge in [0.25, 0.3) is 0 Å². The van der Waals surface area contributed by atoms with Crippen LogP contribution in [0.5, 0.6) is 0 Å². The third kappa shape index (κ3) is 3.59. The Bertz CT molecular complexity index is 337. The molecule has 0 aliphatic heterocycles. The lowest BCUT2D eigenvalue weighted by Crippen LogP contribution is -2.17. The summed E-state index contributed by atoms with van der Waals surface area (Å²) in [6.07, 6.45) is 6.44. The summed E-state index contributed by atoms with van der Waals surface area (Å²) in [7, 11) is 0. The van der Waals surface area contributed by atoms with Gasteiger partial charge in [0.05, 0.1) is 6.61 Å². The molecule has 0 aromatic carbocycles. The van der Waals surface area contributed by atoms with Crippen molar-refractivity contribution in [2.45, 2.75) is 52.4 Å². The molecular formula is C14H21NO2. The molecule has 1 unspecified atom stereocenters. The molecule has 0 aromatic rings. The molecule has 1 aliphatic rings. The predicted octanol–water partition coefficient (Wildman–Crippen LogP) is 3.36. The Labute approximate surface area is 103 Å². The Balaban J connectivity index is 2.94. The van der Waals surface area contributed by atoms with E-state index in [2.05, 4.69) is 6.92 Å². The van der Waals surface area contributed by atoms with Crippen LogP contribution in [-0.4, -0.2) is 12.6 Å². The maximum Gasteiger partial charge on any atom is 0.348 e. The summed E-state index contributed by atoms with van der Waals surface area (Å²) >= 11 is 0. The van der Waals surface area contributed by atoms with Gasteiger partial charge in [-0.3, -0.25) is 0 Å². The number of hydrogen-bond acceptors (Lipinski definition) is 3. The molecule has 17 heavy (non-hydrogen) atoms. The number of allylic oxidation sites excluding steroid dienone is 1. The van der Waals surface area contributed by atoms with Gasteiger partial charge in [-0.1, -0.05) is 19.8 Å². The molecule has 0 bridgehead atoms. The smallest absolute Gasteiger partial charge is 0.348 e. The normalized spacial score (nSPS) is 22.8. The Hall–Kier alpha value is -1.30. The predicted molar refractivity (Wildman–Crippen MR) is 66.1 cm³/mol. The molecule has 1 saturated carbocycles. The number of rotatable bonds is 4. The Morgan fingerprint density at radius 3 is 2.82 bits per heavy atom. The van der Waals surface area contributed by atoms with Crippen LogP contribution in [0.15, 0.2) is 11.1 Å². The van der Waals surface area contributed by atoms with Crippen molar-refractivity contribution in [2.75, 3.05) is 6.61 Å². The van der Waals surface area contributed by atoms with E-state index in [0.717, 1.165) is 37.7 Å². The van der Waals surface area contributed by atoms with Crippen LogP contribution in [-0.2, 0) is 9.53 Å². The fourth-order valence-corrected chi connectivity index (χ4v) is 2.53. The minimum absolute atomic E-state index is 0.269. The van der Waals surface area contributed by atoms with Gasteiger partial charge in [0.15, 0.2) is 0 Å². The average Bonchev–Trinajstić information content (AvgIpc) is 2.33. The van der Waals surface area contributed by atoms with Crippen molar-refractivity contribution in [2.24, 2.45) is 5.92 Å². The van der Waals surface area contributed by atoms with Gasteiger partial charge in [0.2, 0.25) is 0 Å². The van der Waals surface area contributed by atoms with E-state index in [1.165, 1.54) is 6.42 Å². The zero-order valence-electron chi connectivity index (χ0n) is 10.8. The van der Waals surface area contributed by atoms with Gasteiger partial charge >= 0.3 is 5.97 Å². The molecule has 3 heteroatoms. The monoisotopic (exact) mass is 235 g/mol. The number of ether oxygens (including phenoxy) is 1. The van der Waals surface area contributed by atoms with E-state index < -0.39 is 5.97 Å². The van der Waals surface area contributed by atoms with Crippen molar-refractivity contribution in [1.82, 2.24) is 0 Å². The van der Waals surface area contributed by atoms with Gasteiger partial charge in [-0.25, -0.2) is 4.79 Å². The summed E-state index contributed by atoms with van der Waals surface area (Å²) in [4.78, 5) is 11.7. The van der Waals surface area contributed by atoms with Crippen molar-refractivity contribution < 1.29 is 9.53 Å². The van der Waals surface area contributed by atoms with E-state index in [1.54, 1.807) is 6.92 Å². The second-order valence-corrected chi connectivity index (χ2v) is 4.46. The van der Waals surface area contributed by atoms with E-state index in [4.69, 9.17) is 10.00 Å². The first-order chi connectivity index (χ1) is 8.24. The fraction of sp³-hybridized carbons (Fsp3) is 0.714. The zero-order chi connectivity index (χ0) is 12.7. The second-order valence-electron chi connectivity index (χ2n) is 4.46. The lowest BCUT2D eigenvalue weighted by molar-refractivity contribution is -0.138. The first kappa shape index (κ1) is 13.8. The summed E-state index contributed by atoms with van der Waals surface area (Å²) in [6.45, 7) is 4.24. The van der Waals surface area contributed by atoms with Crippen LogP contribution in [0.2, 0.25) is 0 Å². The van der Waals surface area contributed by atoms with Crippen molar-refractivity contribution in [3.63, 3.8) is 0 Å². The first-order valence-corrected chi connectivity index (χ1v) is 6.54. The molecule has 1 fully saturated rings. The molecule has 94 valence electrons. The summed E-state index contributed by atoms with van der Waals surface area (Å²) < 4.78 is 4.96. The summed E-state index contributed by atoms with van der Waals surface area (Å²) in [5.74, 6) is -0.0270. The van der Waals surface area contributed by atoms with Gasteiger partial charge in [-0.15, -0.1) is 0 Å². The maximum atomic E-state index is 11.7. The van der Waals surface area contributed by atoms with Crippen molar-refractivity contribution >= 4 is 5.97 Å². The maximum absolute atomic E-state index is 11.7. The summed E-state index contributed by atoms with van der Waals surface area (Å²) in [5, 5.41) is 9.15. The van der Waals surface area contributed by atoms with E-state index in [1.807, 2.05) is 6.07 Å². The molecule has 0 spiro atoms. The number of esters is 1. The topological polar surface area (TPSA) is 50.1 Å². The molecule has 0 heterocycles. The third-order valence-electron chi connectivity index (χ3n) is 3.29.